The van der Waals surface area contributed by atoms with Crippen LogP contribution in [-0.4, -0.2) is 25.7 Å². The Hall–Kier alpha value is -1.55. The number of aryl methyl sites for hydroxylation is 1. The summed E-state index contributed by atoms with van der Waals surface area (Å²) in [7, 11) is 3.06. The van der Waals surface area contributed by atoms with Crippen molar-refractivity contribution < 1.29 is 14.3 Å². The number of nitrogens with two attached hydrogens (primary N) is 1. The third-order valence-electron chi connectivity index (χ3n) is 4.56. The van der Waals surface area contributed by atoms with Gasteiger partial charge in [0.05, 0.1) is 20.6 Å². The van der Waals surface area contributed by atoms with Crippen LogP contribution >= 0.6 is 0 Å². The first-order valence-corrected chi connectivity index (χ1v) is 6.87. The van der Waals surface area contributed by atoms with E-state index < -0.39 is 11.0 Å². The van der Waals surface area contributed by atoms with Gasteiger partial charge in [-0.1, -0.05) is 6.07 Å². The monoisotopic (exact) mass is 277 g/mol. The van der Waals surface area contributed by atoms with Crippen molar-refractivity contribution in [2.24, 2.45) is 5.73 Å². The van der Waals surface area contributed by atoms with Gasteiger partial charge in [0.1, 0.15) is 5.75 Å². The number of methoxy groups -OCH3 is 2. The Labute approximate surface area is 120 Å². The van der Waals surface area contributed by atoms with Gasteiger partial charge in [-0.3, -0.25) is 4.79 Å². The molecule has 4 heteroatoms. The van der Waals surface area contributed by atoms with Gasteiger partial charge in [0.15, 0.2) is 0 Å². The van der Waals surface area contributed by atoms with Crippen molar-refractivity contribution in [2.45, 2.75) is 44.1 Å². The molecule has 0 amide bonds. The van der Waals surface area contributed by atoms with Crippen molar-refractivity contribution in [3.8, 4) is 5.75 Å². The SMILES string of the molecule is COC(=O)CC1(C(C)(C)N)CCc2ccc(OC)cc21. The Balaban J connectivity index is 2.54. The van der Waals surface area contributed by atoms with E-state index in [1.807, 2.05) is 26.0 Å². The first-order chi connectivity index (χ1) is 9.34. The minimum Gasteiger partial charge on any atom is -0.497 e. The molecule has 110 valence electrons. The number of carbonyl (C=O) groups excluding carboxylic acids is 1. The molecule has 0 bridgehead atoms. The highest BCUT2D eigenvalue weighted by atomic mass is 16.5. The molecule has 1 aromatic rings. The highest BCUT2D eigenvalue weighted by Gasteiger charge is 2.49. The Morgan fingerprint density at radius 2 is 2.10 bits per heavy atom. The van der Waals surface area contributed by atoms with E-state index in [4.69, 9.17) is 15.2 Å². The molecular weight excluding hydrogens is 254 g/mol. The maximum absolute atomic E-state index is 11.9. The number of ether oxygens (including phenoxy) is 2. The number of hydrogen-bond donors (Lipinski definition) is 1. The van der Waals surface area contributed by atoms with Crippen LogP contribution in [0.5, 0.6) is 5.75 Å². The van der Waals surface area contributed by atoms with E-state index in [0.717, 1.165) is 24.2 Å². The molecular formula is C16H23NO3. The Morgan fingerprint density at radius 3 is 2.65 bits per heavy atom. The fourth-order valence-corrected chi connectivity index (χ4v) is 3.23. The van der Waals surface area contributed by atoms with Crippen molar-refractivity contribution in [1.82, 2.24) is 0 Å². The molecule has 1 unspecified atom stereocenters. The number of rotatable bonds is 4. The van der Waals surface area contributed by atoms with Gasteiger partial charge in [0, 0.05) is 11.0 Å². The maximum atomic E-state index is 11.9. The lowest BCUT2D eigenvalue weighted by Crippen LogP contribution is -2.54. The molecule has 1 atom stereocenters. The second-order valence-electron chi connectivity index (χ2n) is 6.08. The fraction of sp³-hybridized carbons (Fsp3) is 0.562. The Bertz CT molecular complexity index is 519. The zero-order valence-corrected chi connectivity index (χ0v) is 12.7. The van der Waals surface area contributed by atoms with Gasteiger partial charge in [-0.15, -0.1) is 0 Å². The molecule has 1 aromatic carbocycles. The average molecular weight is 277 g/mol. The van der Waals surface area contributed by atoms with Crippen LogP contribution in [0.4, 0.5) is 0 Å². The molecule has 0 aromatic heterocycles. The lowest BCUT2D eigenvalue weighted by atomic mass is 9.66. The molecule has 20 heavy (non-hydrogen) atoms. The third kappa shape index (κ3) is 2.29. The minimum absolute atomic E-state index is 0.223. The fourth-order valence-electron chi connectivity index (χ4n) is 3.23. The summed E-state index contributed by atoms with van der Waals surface area (Å²) in [6, 6.07) is 6.04. The van der Waals surface area contributed by atoms with E-state index in [2.05, 4.69) is 6.07 Å². The highest BCUT2D eigenvalue weighted by molar-refractivity contribution is 5.72. The van der Waals surface area contributed by atoms with Crippen molar-refractivity contribution in [1.29, 1.82) is 0 Å². The van der Waals surface area contributed by atoms with E-state index in [9.17, 15) is 4.79 Å². The molecule has 2 N–H and O–H groups in total. The number of fused-ring (bicyclic) bond motifs is 1. The van der Waals surface area contributed by atoms with Crippen LogP contribution in [0, 0.1) is 0 Å². The summed E-state index contributed by atoms with van der Waals surface area (Å²) in [5, 5.41) is 0. The lowest BCUT2D eigenvalue weighted by molar-refractivity contribution is -0.142. The van der Waals surface area contributed by atoms with E-state index in [-0.39, 0.29) is 5.97 Å². The Kier molecular flexibility index (Phi) is 3.78. The second-order valence-corrected chi connectivity index (χ2v) is 6.08. The van der Waals surface area contributed by atoms with Crippen LogP contribution in [-0.2, 0) is 21.4 Å². The summed E-state index contributed by atoms with van der Waals surface area (Å²) in [4.78, 5) is 11.9. The van der Waals surface area contributed by atoms with Gasteiger partial charge in [-0.25, -0.2) is 0 Å². The summed E-state index contributed by atoms with van der Waals surface area (Å²) in [5.41, 5.74) is 7.89. The summed E-state index contributed by atoms with van der Waals surface area (Å²) in [6.07, 6.45) is 2.08. The van der Waals surface area contributed by atoms with Crippen LogP contribution < -0.4 is 10.5 Å². The predicted octanol–water partition coefficient (Wildman–Crippen LogP) is 2.18. The van der Waals surface area contributed by atoms with Crippen LogP contribution in [0.3, 0.4) is 0 Å². The van der Waals surface area contributed by atoms with E-state index in [1.165, 1.54) is 12.7 Å². The summed E-state index contributed by atoms with van der Waals surface area (Å²) in [5.74, 6) is 0.573. The van der Waals surface area contributed by atoms with E-state index in [1.54, 1.807) is 7.11 Å². The summed E-state index contributed by atoms with van der Waals surface area (Å²) < 4.78 is 10.2. The Morgan fingerprint density at radius 1 is 1.40 bits per heavy atom. The van der Waals surface area contributed by atoms with E-state index >= 15 is 0 Å². The van der Waals surface area contributed by atoms with Crippen LogP contribution in [0.1, 0.15) is 37.8 Å². The number of carbonyl (C=O) groups is 1. The zero-order valence-electron chi connectivity index (χ0n) is 12.7. The first kappa shape index (κ1) is 14.9. The van der Waals surface area contributed by atoms with Crippen molar-refractivity contribution >= 4 is 5.97 Å². The van der Waals surface area contributed by atoms with Crippen LogP contribution in [0.2, 0.25) is 0 Å². The molecule has 0 saturated carbocycles. The largest absolute Gasteiger partial charge is 0.497 e. The molecule has 0 fully saturated rings. The molecule has 0 saturated heterocycles. The van der Waals surface area contributed by atoms with Crippen molar-refractivity contribution in [3.63, 3.8) is 0 Å². The molecule has 1 aliphatic carbocycles. The summed E-state index contributed by atoms with van der Waals surface area (Å²) >= 11 is 0. The quantitative estimate of drug-likeness (QED) is 0.857. The molecule has 0 heterocycles. The number of benzene rings is 1. The third-order valence-corrected chi connectivity index (χ3v) is 4.56. The second kappa shape index (κ2) is 5.09. The van der Waals surface area contributed by atoms with Gasteiger partial charge in [0.2, 0.25) is 0 Å². The minimum atomic E-state index is -0.515. The number of hydrogen-bond acceptors (Lipinski definition) is 4. The standard InChI is InChI=1S/C16H23NO3/c1-15(2,17)16(10-14(18)20-4)8-7-11-5-6-12(19-3)9-13(11)16/h5-6,9H,7-8,10,17H2,1-4H3. The molecule has 4 nitrogen and oxygen atoms in total. The molecule has 0 radical (unpaired) electrons. The van der Waals surface area contributed by atoms with Crippen LogP contribution in [0.25, 0.3) is 0 Å². The van der Waals surface area contributed by atoms with Crippen LogP contribution in [0.15, 0.2) is 18.2 Å². The van der Waals surface area contributed by atoms with Gasteiger partial charge in [-0.05, 0) is 49.9 Å². The maximum Gasteiger partial charge on any atom is 0.306 e. The van der Waals surface area contributed by atoms with E-state index in [0.29, 0.717) is 6.42 Å². The first-order valence-electron chi connectivity index (χ1n) is 6.87. The number of esters is 1. The smallest absolute Gasteiger partial charge is 0.306 e. The van der Waals surface area contributed by atoms with Gasteiger partial charge < -0.3 is 15.2 Å². The summed E-state index contributed by atoms with van der Waals surface area (Å²) in [6.45, 7) is 3.95. The zero-order chi connectivity index (χ0) is 15.0. The van der Waals surface area contributed by atoms with Crippen molar-refractivity contribution in [2.75, 3.05) is 14.2 Å². The normalized spacial score (nSPS) is 21.4. The highest BCUT2D eigenvalue weighted by Crippen LogP contribution is 2.49. The predicted molar refractivity (Wildman–Crippen MR) is 77.9 cm³/mol. The lowest BCUT2D eigenvalue weighted by Gasteiger charge is -2.42. The topological polar surface area (TPSA) is 61.5 Å². The molecule has 1 aliphatic rings. The molecule has 2 rings (SSSR count). The van der Waals surface area contributed by atoms with Gasteiger partial charge in [-0.2, -0.15) is 0 Å². The molecule has 0 aliphatic heterocycles. The van der Waals surface area contributed by atoms with Crippen molar-refractivity contribution in [3.05, 3.63) is 29.3 Å². The average Bonchev–Trinajstić information content (AvgIpc) is 2.77. The molecule has 0 spiro atoms. The van der Waals surface area contributed by atoms with Gasteiger partial charge >= 0.3 is 5.97 Å². The van der Waals surface area contributed by atoms with Gasteiger partial charge in [0.25, 0.3) is 0 Å².